The Balaban J connectivity index is 3.04. The van der Waals surface area contributed by atoms with E-state index in [-0.39, 0.29) is 37.2 Å². The summed E-state index contributed by atoms with van der Waals surface area (Å²) in [6.07, 6.45) is 0.375. The fraction of sp³-hybridized carbons (Fsp3) is 0.727. The first-order valence-corrected chi connectivity index (χ1v) is 6.38. The van der Waals surface area contributed by atoms with Crippen LogP contribution >= 0.6 is 0 Å². The van der Waals surface area contributed by atoms with Crippen molar-refractivity contribution in [2.24, 2.45) is 5.84 Å². The predicted octanol–water partition coefficient (Wildman–Crippen LogP) is -0.510. The van der Waals surface area contributed by atoms with Gasteiger partial charge in [-0.15, -0.1) is 0 Å². The number of aromatic nitrogens is 3. The molecule has 1 aromatic heterocycles. The van der Waals surface area contributed by atoms with Gasteiger partial charge in [0.1, 0.15) is 0 Å². The molecule has 0 radical (unpaired) electrons. The molecule has 0 unspecified atom stereocenters. The first-order valence-electron chi connectivity index (χ1n) is 6.38. The van der Waals surface area contributed by atoms with Gasteiger partial charge in [-0.3, -0.25) is 5.43 Å². The molecule has 0 atom stereocenters. The number of rotatable bonds is 8. The number of nitrogens with one attached hydrogen (secondary N) is 2. The number of nitrogen functional groups attached to an aromatic ring is 1. The second kappa shape index (κ2) is 7.17. The predicted molar refractivity (Wildman–Crippen MR) is 74.2 cm³/mol. The molecule has 0 fully saturated rings. The van der Waals surface area contributed by atoms with Crippen LogP contribution in [-0.2, 0) is 0 Å². The van der Waals surface area contributed by atoms with Crippen molar-refractivity contribution in [3.8, 4) is 6.01 Å². The number of aliphatic hydroxyl groups is 2. The smallest absolute Gasteiger partial charge is 0.323 e. The maximum Gasteiger partial charge on any atom is 0.323 e. The molecule has 0 spiro atoms. The first-order chi connectivity index (χ1) is 9.48. The standard InChI is InChI=1S/C11H22N6O3/c1-4-11(5-18,6-19)16-8-13-9(17-12)15-10(14-8)20-7(2)3/h7,18-19H,4-6,12H2,1-3H3,(H2,13,14,15,16,17). The topological polar surface area (TPSA) is 138 Å². The van der Waals surface area contributed by atoms with Crippen molar-refractivity contribution in [1.29, 1.82) is 0 Å². The molecule has 0 saturated carbocycles. The van der Waals surface area contributed by atoms with E-state index >= 15 is 0 Å². The zero-order chi connectivity index (χ0) is 15.2. The molecule has 0 aliphatic heterocycles. The lowest BCUT2D eigenvalue weighted by Gasteiger charge is -2.29. The molecular weight excluding hydrogens is 264 g/mol. The summed E-state index contributed by atoms with van der Waals surface area (Å²) in [4.78, 5) is 12.0. The second-order valence-corrected chi connectivity index (χ2v) is 4.65. The number of nitrogens with two attached hydrogens (primary N) is 1. The Morgan fingerprint density at radius 3 is 2.25 bits per heavy atom. The maximum atomic E-state index is 9.41. The first kappa shape index (κ1) is 16.3. The van der Waals surface area contributed by atoms with Gasteiger partial charge < -0.3 is 20.3 Å². The molecule has 0 bridgehead atoms. The lowest BCUT2D eigenvalue weighted by Crippen LogP contribution is -2.45. The molecule has 9 nitrogen and oxygen atoms in total. The highest BCUT2D eigenvalue weighted by molar-refractivity contribution is 5.37. The zero-order valence-corrected chi connectivity index (χ0v) is 11.9. The second-order valence-electron chi connectivity index (χ2n) is 4.65. The van der Waals surface area contributed by atoms with Gasteiger partial charge in [0.2, 0.25) is 11.9 Å². The van der Waals surface area contributed by atoms with E-state index in [4.69, 9.17) is 10.6 Å². The van der Waals surface area contributed by atoms with Gasteiger partial charge in [0.25, 0.3) is 0 Å². The molecule has 0 aromatic carbocycles. The van der Waals surface area contributed by atoms with Crippen LogP contribution in [0, 0.1) is 0 Å². The number of hydrogen-bond acceptors (Lipinski definition) is 9. The quantitative estimate of drug-likeness (QED) is 0.316. The van der Waals surface area contributed by atoms with E-state index < -0.39 is 5.54 Å². The van der Waals surface area contributed by atoms with Crippen molar-refractivity contribution in [1.82, 2.24) is 15.0 Å². The Morgan fingerprint density at radius 1 is 1.20 bits per heavy atom. The third kappa shape index (κ3) is 4.15. The Morgan fingerprint density at radius 2 is 1.80 bits per heavy atom. The van der Waals surface area contributed by atoms with Crippen LogP contribution in [0.2, 0.25) is 0 Å². The molecule has 0 saturated heterocycles. The van der Waals surface area contributed by atoms with Gasteiger partial charge >= 0.3 is 6.01 Å². The number of hydrazine groups is 1. The summed E-state index contributed by atoms with van der Waals surface area (Å²) < 4.78 is 5.39. The summed E-state index contributed by atoms with van der Waals surface area (Å²) >= 11 is 0. The van der Waals surface area contributed by atoms with Crippen LogP contribution in [0.4, 0.5) is 11.9 Å². The molecule has 9 heteroatoms. The number of anilines is 2. The van der Waals surface area contributed by atoms with Gasteiger partial charge in [-0.05, 0) is 20.3 Å². The van der Waals surface area contributed by atoms with Crippen molar-refractivity contribution in [3.63, 3.8) is 0 Å². The van der Waals surface area contributed by atoms with E-state index in [1.165, 1.54) is 0 Å². The summed E-state index contributed by atoms with van der Waals surface area (Å²) in [5.41, 5.74) is 1.40. The number of nitrogens with zero attached hydrogens (tertiary/aromatic N) is 3. The van der Waals surface area contributed by atoms with Crippen molar-refractivity contribution < 1.29 is 14.9 Å². The van der Waals surface area contributed by atoms with Crippen molar-refractivity contribution in [3.05, 3.63) is 0 Å². The van der Waals surface area contributed by atoms with Crippen molar-refractivity contribution in [2.45, 2.75) is 38.8 Å². The molecule has 1 heterocycles. The summed E-state index contributed by atoms with van der Waals surface area (Å²) in [6.45, 7) is 4.97. The summed E-state index contributed by atoms with van der Waals surface area (Å²) in [7, 11) is 0. The van der Waals surface area contributed by atoms with Crippen LogP contribution in [0.25, 0.3) is 0 Å². The van der Waals surface area contributed by atoms with Gasteiger partial charge in [0, 0.05) is 0 Å². The fourth-order valence-corrected chi connectivity index (χ4v) is 1.42. The molecule has 114 valence electrons. The average molecular weight is 286 g/mol. The van der Waals surface area contributed by atoms with E-state index in [0.29, 0.717) is 6.42 Å². The van der Waals surface area contributed by atoms with Gasteiger partial charge in [-0.1, -0.05) is 6.92 Å². The molecule has 1 rings (SSSR count). The number of hydrogen-bond donors (Lipinski definition) is 5. The van der Waals surface area contributed by atoms with Crippen molar-refractivity contribution >= 4 is 11.9 Å². The van der Waals surface area contributed by atoms with Gasteiger partial charge in [0.15, 0.2) is 0 Å². The molecular formula is C11H22N6O3. The Kier molecular flexibility index (Phi) is 5.86. The van der Waals surface area contributed by atoms with Crippen LogP contribution in [0.1, 0.15) is 27.2 Å². The molecule has 1 aromatic rings. The third-order valence-electron chi connectivity index (χ3n) is 2.74. The number of aliphatic hydroxyl groups excluding tert-OH is 2. The molecule has 0 aliphatic carbocycles. The Bertz CT molecular complexity index is 416. The van der Waals surface area contributed by atoms with E-state index in [2.05, 4.69) is 25.7 Å². The van der Waals surface area contributed by atoms with Crippen LogP contribution in [-0.4, -0.2) is 50.0 Å². The molecule has 20 heavy (non-hydrogen) atoms. The largest absolute Gasteiger partial charge is 0.461 e. The van der Waals surface area contributed by atoms with Crippen molar-refractivity contribution in [2.75, 3.05) is 24.0 Å². The van der Waals surface area contributed by atoms with Crippen LogP contribution in [0.15, 0.2) is 0 Å². The normalized spacial score (nSPS) is 11.6. The van der Waals surface area contributed by atoms with E-state index in [0.717, 1.165) is 0 Å². The van der Waals surface area contributed by atoms with Crippen LogP contribution < -0.4 is 21.3 Å². The van der Waals surface area contributed by atoms with E-state index in [1.807, 2.05) is 20.8 Å². The minimum atomic E-state index is -0.914. The molecule has 0 aliphatic rings. The van der Waals surface area contributed by atoms with Gasteiger partial charge in [-0.25, -0.2) is 5.84 Å². The minimum Gasteiger partial charge on any atom is -0.461 e. The molecule has 0 amide bonds. The minimum absolute atomic E-state index is 0.103. The van der Waals surface area contributed by atoms with Crippen LogP contribution in [0.3, 0.4) is 0 Å². The lowest BCUT2D eigenvalue weighted by atomic mass is 9.99. The highest BCUT2D eigenvalue weighted by Gasteiger charge is 2.28. The lowest BCUT2D eigenvalue weighted by molar-refractivity contribution is 0.131. The summed E-state index contributed by atoms with van der Waals surface area (Å²) in [5, 5.41) is 21.7. The third-order valence-corrected chi connectivity index (χ3v) is 2.74. The molecule has 6 N–H and O–H groups in total. The average Bonchev–Trinajstić information content (AvgIpc) is 2.44. The summed E-state index contributed by atoms with van der Waals surface area (Å²) in [5.74, 6) is 5.58. The summed E-state index contributed by atoms with van der Waals surface area (Å²) in [6, 6.07) is 0.103. The fourth-order valence-electron chi connectivity index (χ4n) is 1.42. The number of ether oxygens (including phenoxy) is 1. The zero-order valence-electron chi connectivity index (χ0n) is 11.9. The van der Waals surface area contributed by atoms with E-state index in [9.17, 15) is 10.2 Å². The highest BCUT2D eigenvalue weighted by atomic mass is 16.5. The van der Waals surface area contributed by atoms with Crippen LogP contribution in [0.5, 0.6) is 6.01 Å². The Labute approximate surface area is 117 Å². The van der Waals surface area contributed by atoms with E-state index in [1.54, 1.807) is 0 Å². The highest BCUT2D eigenvalue weighted by Crippen LogP contribution is 2.18. The SMILES string of the molecule is CCC(CO)(CO)Nc1nc(NN)nc(OC(C)C)n1. The van der Waals surface area contributed by atoms with Gasteiger partial charge in [-0.2, -0.15) is 15.0 Å². The van der Waals surface area contributed by atoms with Gasteiger partial charge in [0.05, 0.1) is 24.9 Å². The monoisotopic (exact) mass is 286 g/mol. The Hall–Kier alpha value is -1.71. The maximum absolute atomic E-state index is 9.41.